The molecule has 2 heterocycles. The maximum atomic E-state index is 9.02. The van der Waals surface area contributed by atoms with Crippen LogP contribution in [0.25, 0.3) is 0 Å². The minimum atomic E-state index is 0.398. The molecule has 4 rings (SSSR count). The minimum absolute atomic E-state index is 0.398. The number of rotatable bonds is 2. The molecule has 2 saturated heterocycles. The highest BCUT2D eigenvalue weighted by Crippen LogP contribution is 2.63. The predicted molar refractivity (Wildman–Crippen MR) is 63.9 cm³/mol. The minimum Gasteiger partial charge on any atom is -0.374 e. The van der Waals surface area contributed by atoms with E-state index in [4.69, 9.17) is 10.00 Å². The molecule has 0 radical (unpaired) electrons. The second-order valence-electron chi connectivity index (χ2n) is 6.27. The van der Waals surface area contributed by atoms with Crippen LogP contribution in [0.4, 0.5) is 0 Å². The van der Waals surface area contributed by atoms with Gasteiger partial charge in [-0.25, -0.2) is 0 Å². The van der Waals surface area contributed by atoms with Crippen molar-refractivity contribution in [2.45, 2.75) is 38.4 Å². The quantitative estimate of drug-likeness (QED) is 0.682. The summed E-state index contributed by atoms with van der Waals surface area (Å²) < 4.78 is 6.30. The zero-order chi connectivity index (χ0) is 11.6. The highest BCUT2D eigenvalue weighted by Gasteiger charge is 2.65. The lowest BCUT2D eigenvalue weighted by atomic mass is 9.63. The topological polar surface area (TPSA) is 33.0 Å². The van der Waals surface area contributed by atoms with Crippen LogP contribution in [0.3, 0.4) is 0 Å². The number of hydrogen-bond acceptors (Lipinski definition) is 2. The Balaban J connectivity index is 1.69. The molecule has 0 aromatic heterocycles. The molecule has 2 heteroatoms. The second-order valence-corrected chi connectivity index (χ2v) is 6.27. The molecule has 1 saturated carbocycles. The lowest BCUT2D eigenvalue weighted by Crippen LogP contribution is -2.41. The molecular formula is C15H19NO. The van der Waals surface area contributed by atoms with Crippen LogP contribution in [-0.4, -0.2) is 12.2 Å². The van der Waals surface area contributed by atoms with Crippen molar-refractivity contribution in [3.05, 3.63) is 12.2 Å². The van der Waals surface area contributed by atoms with Gasteiger partial charge in [0.25, 0.3) is 0 Å². The van der Waals surface area contributed by atoms with Crippen LogP contribution in [0.2, 0.25) is 0 Å². The number of hydrogen-bond donors (Lipinski definition) is 0. The molecule has 4 aliphatic rings. The summed E-state index contributed by atoms with van der Waals surface area (Å²) in [4.78, 5) is 0. The van der Waals surface area contributed by atoms with E-state index in [0.717, 1.165) is 23.7 Å². The molecule has 0 aromatic carbocycles. The standard InChI is InChI=1S/C15H19NO/c1-2-10-11(5-6-16)15-13-9-4-3-8(7-9)12(13)14(10)17-15/h3-4,8-15H,2,5,7H2,1H3. The Morgan fingerprint density at radius 2 is 1.82 bits per heavy atom. The summed E-state index contributed by atoms with van der Waals surface area (Å²) in [5.41, 5.74) is 0. The average Bonchev–Trinajstić information content (AvgIpc) is 3.06. The SMILES string of the molecule is CCC1C(CC#N)C2OC1C1C3C=CC(C3)C21. The molecule has 2 nitrogen and oxygen atoms in total. The Labute approximate surface area is 103 Å². The Morgan fingerprint density at radius 3 is 2.41 bits per heavy atom. The molecule has 90 valence electrons. The van der Waals surface area contributed by atoms with Crippen LogP contribution in [0.5, 0.6) is 0 Å². The first-order valence-corrected chi connectivity index (χ1v) is 7.06. The van der Waals surface area contributed by atoms with E-state index in [2.05, 4.69) is 25.1 Å². The molecule has 3 fully saturated rings. The van der Waals surface area contributed by atoms with E-state index in [1.165, 1.54) is 12.8 Å². The summed E-state index contributed by atoms with van der Waals surface area (Å²) in [7, 11) is 0. The van der Waals surface area contributed by atoms with Crippen molar-refractivity contribution in [1.82, 2.24) is 0 Å². The molecule has 8 unspecified atom stereocenters. The molecule has 0 amide bonds. The molecule has 0 aromatic rings. The first kappa shape index (κ1) is 10.1. The maximum absolute atomic E-state index is 9.02. The van der Waals surface area contributed by atoms with Crippen molar-refractivity contribution in [2.75, 3.05) is 0 Å². The molecule has 2 aliphatic heterocycles. The van der Waals surface area contributed by atoms with E-state index in [0.29, 0.717) is 30.5 Å². The fraction of sp³-hybridized carbons (Fsp3) is 0.800. The van der Waals surface area contributed by atoms with E-state index in [-0.39, 0.29) is 0 Å². The fourth-order valence-electron chi connectivity index (χ4n) is 5.35. The summed E-state index contributed by atoms with van der Waals surface area (Å²) in [6.07, 6.45) is 8.95. The van der Waals surface area contributed by atoms with E-state index >= 15 is 0 Å². The largest absolute Gasteiger partial charge is 0.374 e. The van der Waals surface area contributed by atoms with Gasteiger partial charge in [0, 0.05) is 12.3 Å². The van der Waals surface area contributed by atoms with Crippen LogP contribution in [0, 0.1) is 46.8 Å². The van der Waals surface area contributed by atoms with Crippen LogP contribution in [0.1, 0.15) is 26.2 Å². The molecular weight excluding hydrogens is 210 g/mol. The summed E-state index contributed by atoms with van der Waals surface area (Å²) in [5, 5.41) is 9.02. The highest BCUT2D eigenvalue weighted by atomic mass is 16.5. The highest BCUT2D eigenvalue weighted by molar-refractivity contribution is 5.22. The van der Waals surface area contributed by atoms with E-state index in [9.17, 15) is 0 Å². The summed E-state index contributed by atoms with van der Waals surface area (Å²) in [6.45, 7) is 2.26. The van der Waals surface area contributed by atoms with Gasteiger partial charge in [0.1, 0.15) is 0 Å². The van der Waals surface area contributed by atoms with Crippen LogP contribution >= 0.6 is 0 Å². The normalized spacial score (nSPS) is 57.4. The van der Waals surface area contributed by atoms with Gasteiger partial charge in [-0.2, -0.15) is 5.26 Å². The van der Waals surface area contributed by atoms with Gasteiger partial charge in [0.15, 0.2) is 0 Å². The third-order valence-corrected chi connectivity index (χ3v) is 5.85. The predicted octanol–water partition coefficient (Wildman–Crippen LogP) is 2.76. The van der Waals surface area contributed by atoms with Crippen molar-refractivity contribution < 1.29 is 4.74 Å². The summed E-state index contributed by atoms with van der Waals surface area (Å²) in [5.74, 6) is 4.25. The zero-order valence-corrected chi connectivity index (χ0v) is 10.3. The molecule has 0 N–H and O–H groups in total. The van der Waals surface area contributed by atoms with Gasteiger partial charge in [-0.3, -0.25) is 0 Å². The Hall–Kier alpha value is -0.810. The molecule has 4 bridgehead atoms. The summed E-state index contributed by atoms with van der Waals surface area (Å²) >= 11 is 0. The van der Waals surface area contributed by atoms with Crippen molar-refractivity contribution in [3.63, 3.8) is 0 Å². The Kier molecular flexibility index (Phi) is 2.00. The molecule has 2 aliphatic carbocycles. The van der Waals surface area contributed by atoms with Gasteiger partial charge in [-0.15, -0.1) is 0 Å². The van der Waals surface area contributed by atoms with Gasteiger partial charge < -0.3 is 4.74 Å². The third kappa shape index (κ3) is 1.09. The van der Waals surface area contributed by atoms with Gasteiger partial charge in [0.2, 0.25) is 0 Å². The van der Waals surface area contributed by atoms with Crippen molar-refractivity contribution in [2.24, 2.45) is 35.5 Å². The van der Waals surface area contributed by atoms with Gasteiger partial charge >= 0.3 is 0 Å². The zero-order valence-electron chi connectivity index (χ0n) is 10.3. The van der Waals surface area contributed by atoms with Crippen LogP contribution < -0.4 is 0 Å². The van der Waals surface area contributed by atoms with Crippen molar-refractivity contribution in [3.8, 4) is 6.07 Å². The Morgan fingerprint density at radius 1 is 1.18 bits per heavy atom. The number of fused-ring (bicyclic) bond motifs is 9. The Bertz CT molecular complexity index is 410. The first-order valence-electron chi connectivity index (χ1n) is 7.06. The van der Waals surface area contributed by atoms with E-state index < -0.39 is 0 Å². The van der Waals surface area contributed by atoms with Gasteiger partial charge in [-0.1, -0.05) is 25.5 Å². The number of nitriles is 1. The van der Waals surface area contributed by atoms with Crippen molar-refractivity contribution in [1.29, 1.82) is 5.26 Å². The van der Waals surface area contributed by atoms with E-state index in [1.54, 1.807) is 0 Å². The first-order chi connectivity index (χ1) is 8.35. The monoisotopic (exact) mass is 229 g/mol. The number of allylic oxidation sites excluding steroid dienone is 2. The lowest BCUT2D eigenvalue weighted by Gasteiger charge is -2.37. The third-order valence-electron chi connectivity index (χ3n) is 5.85. The molecule has 17 heavy (non-hydrogen) atoms. The second kappa shape index (κ2) is 3.36. The van der Waals surface area contributed by atoms with Crippen LogP contribution in [0.15, 0.2) is 12.2 Å². The number of ether oxygens (including phenoxy) is 1. The molecule has 0 spiro atoms. The smallest absolute Gasteiger partial charge is 0.0658 e. The van der Waals surface area contributed by atoms with E-state index in [1.807, 2.05) is 0 Å². The fourth-order valence-corrected chi connectivity index (χ4v) is 5.35. The lowest BCUT2D eigenvalue weighted by molar-refractivity contribution is 0.0583. The van der Waals surface area contributed by atoms with Gasteiger partial charge in [0.05, 0.1) is 18.3 Å². The van der Waals surface area contributed by atoms with Crippen LogP contribution in [-0.2, 0) is 4.74 Å². The van der Waals surface area contributed by atoms with Crippen molar-refractivity contribution >= 4 is 0 Å². The average molecular weight is 229 g/mol. The van der Waals surface area contributed by atoms with Gasteiger partial charge in [-0.05, 0) is 36.0 Å². The summed E-state index contributed by atoms with van der Waals surface area (Å²) in [6, 6.07) is 2.38. The molecule has 8 atom stereocenters. The maximum Gasteiger partial charge on any atom is 0.0658 e. The number of nitrogens with zero attached hydrogens (tertiary/aromatic N) is 1.